The molecule has 0 aliphatic carbocycles. The monoisotopic (exact) mass is 495 g/mol. The van der Waals surface area contributed by atoms with Gasteiger partial charge in [0.2, 0.25) is 0 Å². The average molecular weight is 496 g/mol. The summed E-state index contributed by atoms with van der Waals surface area (Å²) in [5.41, 5.74) is 6.03. The number of hydrogen-bond donors (Lipinski definition) is 2. The van der Waals surface area contributed by atoms with Gasteiger partial charge < -0.3 is 15.5 Å². The van der Waals surface area contributed by atoms with Crippen LogP contribution in [0.1, 0.15) is 55.7 Å². The molecular formula is C34H45N3. The van der Waals surface area contributed by atoms with Crippen molar-refractivity contribution in [1.29, 1.82) is 0 Å². The fourth-order valence-corrected chi connectivity index (χ4v) is 5.21. The molecule has 1 saturated heterocycles. The lowest BCUT2D eigenvalue weighted by Gasteiger charge is -2.35. The standard InChI is InChI=1S/C31H39N3.C3H6/c1-25(31(2,28-13-6-4-7-14-28)29-15-8-5-9-16-29)33-20-11-21-34-22-18-26(19-23-34)27-12-10-17-30(24-27)32-3;1-3-2/h4-10,12-17,24,26,32-33H,1,11,18-23H2,2-3H3;3H,1H2,2H3. The number of rotatable bonds is 10. The predicted molar refractivity (Wildman–Crippen MR) is 161 cm³/mol. The van der Waals surface area contributed by atoms with Gasteiger partial charge in [-0.1, -0.05) is 85.5 Å². The van der Waals surface area contributed by atoms with E-state index < -0.39 is 0 Å². The molecule has 0 unspecified atom stereocenters. The summed E-state index contributed by atoms with van der Waals surface area (Å²) in [6.07, 6.45) is 5.36. The Kier molecular flexibility index (Phi) is 11.0. The Morgan fingerprint density at radius 1 is 0.946 bits per heavy atom. The number of nitrogens with zero attached hydrogens (tertiary/aromatic N) is 1. The number of piperidine rings is 1. The zero-order valence-corrected chi connectivity index (χ0v) is 23.0. The summed E-state index contributed by atoms with van der Waals surface area (Å²) in [6.45, 7) is 16.5. The highest BCUT2D eigenvalue weighted by Gasteiger charge is 2.32. The van der Waals surface area contributed by atoms with Gasteiger partial charge in [0, 0.05) is 25.0 Å². The van der Waals surface area contributed by atoms with Crippen LogP contribution in [0.3, 0.4) is 0 Å². The first kappa shape index (κ1) is 28.3. The first-order valence-electron chi connectivity index (χ1n) is 13.6. The Labute approximate surface area is 225 Å². The zero-order chi connectivity index (χ0) is 26.5. The minimum atomic E-state index is -0.261. The minimum absolute atomic E-state index is 0.261. The maximum absolute atomic E-state index is 4.49. The summed E-state index contributed by atoms with van der Waals surface area (Å²) in [6, 6.07) is 30.3. The molecule has 2 N–H and O–H groups in total. The number of hydrogen-bond acceptors (Lipinski definition) is 3. The van der Waals surface area contributed by atoms with Crippen LogP contribution in [0.15, 0.2) is 110 Å². The Balaban J connectivity index is 0.00000121. The van der Waals surface area contributed by atoms with E-state index >= 15 is 0 Å². The molecule has 0 atom stereocenters. The Hall–Kier alpha value is -3.30. The smallest absolute Gasteiger partial charge is 0.0564 e. The predicted octanol–water partition coefficient (Wildman–Crippen LogP) is 7.60. The van der Waals surface area contributed by atoms with Crippen molar-refractivity contribution in [3.63, 3.8) is 0 Å². The molecule has 4 rings (SSSR count). The first-order chi connectivity index (χ1) is 18.0. The van der Waals surface area contributed by atoms with E-state index in [0.717, 1.165) is 25.2 Å². The molecule has 1 aliphatic rings. The van der Waals surface area contributed by atoms with Crippen molar-refractivity contribution in [3.05, 3.63) is 127 Å². The van der Waals surface area contributed by atoms with Gasteiger partial charge in [0.05, 0.1) is 5.41 Å². The maximum Gasteiger partial charge on any atom is 0.0564 e. The molecule has 1 fully saturated rings. The fraction of sp³-hybridized carbons (Fsp3) is 0.353. The van der Waals surface area contributed by atoms with Gasteiger partial charge in [0.1, 0.15) is 0 Å². The third-order valence-electron chi connectivity index (χ3n) is 7.53. The van der Waals surface area contributed by atoms with Crippen LogP contribution in [0, 0.1) is 0 Å². The maximum atomic E-state index is 4.49. The van der Waals surface area contributed by atoms with Crippen molar-refractivity contribution in [2.75, 3.05) is 38.5 Å². The van der Waals surface area contributed by atoms with E-state index in [1.54, 1.807) is 6.08 Å². The summed E-state index contributed by atoms with van der Waals surface area (Å²) in [7, 11) is 1.99. The highest BCUT2D eigenvalue weighted by molar-refractivity contribution is 5.47. The molecule has 3 heteroatoms. The third kappa shape index (κ3) is 7.60. The highest BCUT2D eigenvalue weighted by atomic mass is 15.1. The molecule has 196 valence electrons. The van der Waals surface area contributed by atoms with Gasteiger partial charge in [-0.15, -0.1) is 6.58 Å². The van der Waals surface area contributed by atoms with Crippen LogP contribution < -0.4 is 10.6 Å². The van der Waals surface area contributed by atoms with E-state index in [0.29, 0.717) is 5.92 Å². The van der Waals surface area contributed by atoms with Crippen molar-refractivity contribution >= 4 is 5.69 Å². The molecule has 0 spiro atoms. The molecule has 37 heavy (non-hydrogen) atoms. The molecule has 1 aliphatic heterocycles. The van der Waals surface area contributed by atoms with E-state index in [2.05, 4.69) is 121 Å². The molecule has 3 aromatic carbocycles. The summed E-state index contributed by atoms with van der Waals surface area (Å²) >= 11 is 0. The quantitative estimate of drug-likeness (QED) is 0.224. The van der Waals surface area contributed by atoms with Crippen LogP contribution in [-0.4, -0.2) is 38.1 Å². The number of benzene rings is 3. The second-order valence-electron chi connectivity index (χ2n) is 10.0. The van der Waals surface area contributed by atoms with Crippen molar-refractivity contribution in [2.24, 2.45) is 0 Å². The lowest BCUT2D eigenvalue weighted by Crippen LogP contribution is -2.37. The molecule has 3 nitrogen and oxygen atoms in total. The largest absolute Gasteiger partial charge is 0.388 e. The number of nitrogens with one attached hydrogen (secondary N) is 2. The van der Waals surface area contributed by atoms with Crippen molar-refractivity contribution < 1.29 is 0 Å². The van der Waals surface area contributed by atoms with E-state index in [1.807, 2.05) is 14.0 Å². The van der Waals surface area contributed by atoms with E-state index in [1.165, 1.54) is 48.3 Å². The van der Waals surface area contributed by atoms with Crippen LogP contribution in [0.4, 0.5) is 5.69 Å². The van der Waals surface area contributed by atoms with Crippen LogP contribution in [0.2, 0.25) is 0 Å². The number of anilines is 1. The molecule has 3 aromatic rings. The summed E-state index contributed by atoms with van der Waals surface area (Å²) in [5, 5.41) is 6.94. The zero-order valence-electron chi connectivity index (χ0n) is 23.0. The fourth-order valence-electron chi connectivity index (χ4n) is 5.21. The average Bonchev–Trinajstić information content (AvgIpc) is 2.96. The lowest BCUT2D eigenvalue weighted by atomic mass is 9.74. The van der Waals surface area contributed by atoms with Gasteiger partial charge in [-0.2, -0.15) is 0 Å². The minimum Gasteiger partial charge on any atom is -0.388 e. The van der Waals surface area contributed by atoms with E-state index in [4.69, 9.17) is 0 Å². The first-order valence-corrected chi connectivity index (χ1v) is 13.6. The molecule has 0 aromatic heterocycles. The summed E-state index contributed by atoms with van der Waals surface area (Å²) in [5.74, 6) is 0.680. The van der Waals surface area contributed by atoms with Crippen molar-refractivity contribution in [3.8, 4) is 0 Å². The van der Waals surface area contributed by atoms with Crippen LogP contribution >= 0.6 is 0 Å². The Bertz CT molecular complexity index is 1040. The van der Waals surface area contributed by atoms with Gasteiger partial charge >= 0.3 is 0 Å². The Morgan fingerprint density at radius 2 is 1.51 bits per heavy atom. The molecule has 1 heterocycles. The molecule has 0 radical (unpaired) electrons. The van der Waals surface area contributed by atoms with Crippen molar-refractivity contribution in [2.45, 2.75) is 44.4 Å². The third-order valence-corrected chi connectivity index (χ3v) is 7.53. The SMILES string of the molecule is C=C(NCCCN1CCC(c2cccc(NC)c2)CC1)C(C)(c1ccccc1)c1ccccc1.C=CC. The van der Waals surface area contributed by atoms with Gasteiger partial charge in [-0.3, -0.25) is 0 Å². The van der Waals surface area contributed by atoms with Crippen LogP contribution in [0.5, 0.6) is 0 Å². The topological polar surface area (TPSA) is 27.3 Å². The lowest BCUT2D eigenvalue weighted by molar-refractivity contribution is 0.210. The van der Waals surface area contributed by atoms with E-state index in [-0.39, 0.29) is 5.41 Å². The van der Waals surface area contributed by atoms with Gasteiger partial charge in [-0.05, 0) is 87.5 Å². The molecule has 0 bridgehead atoms. The van der Waals surface area contributed by atoms with Crippen LogP contribution in [-0.2, 0) is 5.41 Å². The molecule has 0 saturated carbocycles. The van der Waals surface area contributed by atoms with Gasteiger partial charge in [0.25, 0.3) is 0 Å². The second-order valence-corrected chi connectivity index (χ2v) is 10.0. The molecular weight excluding hydrogens is 450 g/mol. The number of allylic oxidation sites excluding steroid dienone is 2. The second kappa shape index (κ2) is 14.4. The molecule has 0 amide bonds. The highest BCUT2D eigenvalue weighted by Crippen LogP contribution is 2.37. The van der Waals surface area contributed by atoms with E-state index in [9.17, 15) is 0 Å². The summed E-state index contributed by atoms with van der Waals surface area (Å²) < 4.78 is 0. The van der Waals surface area contributed by atoms with Gasteiger partial charge in [0.15, 0.2) is 0 Å². The number of likely N-dealkylation sites (tertiary alicyclic amines) is 1. The normalized spacial score (nSPS) is 14.2. The van der Waals surface area contributed by atoms with Crippen molar-refractivity contribution in [1.82, 2.24) is 10.2 Å². The van der Waals surface area contributed by atoms with Crippen LogP contribution in [0.25, 0.3) is 0 Å². The van der Waals surface area contributed by atoms with Gasteiger partial charge in [-0.25, -0.2) is 0 Å². The summed E-state index contributed by atoms with van der Waals surface area (Å²) in [4.78, 5) is 2.62. The Morgan fingerprint density at radius 3 is 2.05 bits per heavy atom.